The van der Waals surface area contributed by atoms with E-state index in [4.69, 9.17) is 0 Å². The van der Waals surface area contributed by atoms with Gasteiger partial charge in [0.05, 0.1) is 11.4 Å². The highest BCUT2D eigenvalue weighted by Crippen LogP contribution is 2.27. The highest BCUT2D eigenvalue weighted by atomic mass is 79.9. The summed E-state index contributed by atoms with van der Waals surface area (Å²) in [6.07, 6.45) is 1.42. The SMILES string of the molecule is CC(=O)N/N=C1\CCc2nnc(C)n2-c2ccc(Br)cc21. The zero-order valence-electron chi connectivity index (χ0n) is 11.7. The van der Waals surface area contributed by atoms with Gasteiger partial charge in [-0.15, -0.1) is 10.2 Å². The second-order valence-electron chi connectivity index (χ2n) is 4.89. The zero-order chi connectivity index (χ0) is 15.0. The third kappa shape index (κ3) is 2.61. The molecule has 0 aliphatic carbocycles. The van der Waals surface area contributed by atoms with Gasteiger partial charge in [0.2, 0.25) is 5.91 Å². The molecular formula is C14H14BrN5O. The second kappa shape index (κ2) is 5.40. The van der Waals surface area contributed by atoms with Crippen molar-refractivity contribution >= 4 is 27.5 Å². The maximum Gasteiger partial charge on any atom is 0.236 e. The second-order valence-corrected chi connectivity index (χ2v) is 5.80. The van der Waals surface area contributed by atoms with Crippen LogP contribution in [-0.4, -0.2) is 26.4 Å². The monoisotopic (exact) mass is 347 g/mol. The van der Waals surface area contributed by atoms with E-state index in [1.54, 1.807) is 0 Å². The fourth-order valence-electron chi connectivity index (χ4n) is 2.44. The van der Waals surface area contributed by atoms with E-state index in [0.717, 1.165) is 39.5 Å². The molecule has 108 valence electrons. The Morgan fingerprint density at radius 1 is 1.38 bits per heavy atom. The largest absolute Gasteiger partial charge is 0.283 e. The van der Waals surface area contributed by atoms with Crippen LogP contribution in [0.25, 0.3) is 5.69 Å². The van der Waals surface area contributed by atoms with E-state index in [2.05, 4.69) is 36.7 Å². The molecule has 0 unspecified atom stereocenters. The van der Waals surface area contributed by atoms with Crippen LogP contribution in [0.1, 0.15) is 30.6 Å². The van der Waals surface area contributed by atoms with Crippen molar-refractivity contribution in [3.05, 3.63) is 39.9 Å². The first-order valence-electron chi connectivity index (χ1n) is 6.60. The number of fused-ring (bicyclic) bond motifs is 3. The molecule has 7 heteroatoms. The van der Waals surface area contributed by atoms with Gasteiger partial charge in [0.15, 0.2) is 0 Å². The van der Waals surface area contributed by atoms with E-state index >= 15 is 0 Å². The van der Waals surface area contributed by atoms with Crippen molar-refractivity contribution in [1.82, 2.24) is 20.2 Å². The molecule has 2 heterocycles. The number of amides is 1. The number of halogens is 1. The molecule has 1 N–H and O–H groups in total. The molecule has 1 amide bonds. The molecule has 3 rings (SSSR count). The Balaban J connectivity index is 2.19. The molecule has 0 saturated heterocycles. The standard InChI is InChI=1S/C14H14BrN5O/c1-8-16-19-14-6-4-12(18-17-9(2)21)11-7-10(15)3-5-13(11)20(8)14/h3,5,7H,4,6H2,1-2H3,(H,17,21)/b18-12+. The van der Waals surface area contributed by atoms with Crippen LogP contribution in [-0.2, 0) is 11.2 Å². The van der Waals surface area contributed by atoms with Gasteiger partial charge in [-0.25, -0.2) is 5.43 Å². The summed E-state index contributed by atoms with van der Waals surface area (Å²) < 4.78 is 3.00. The quantitative estimate of drug-likeness (QED) is 0.803. The molecule has 0 fully saturated rings. The molecule has 2 aromatic rings. The number of hydrogen-bond donors (Lipinski definition) is 1. The normalized spacial score (nSPS) is 15.3. The van der Waals surface area contributed by atoms with Crippen LogP contribution in [0.15, 0.2) is 27.8 Å². The van der Waals surface area contributed by atoms with Gasteiger partial charge in [-0.2, -0.15) is 5.10 Å². The lowest BCUT2D eigenvalue weighted by Gasteiger charge is -2.11. The number of nitrogens with one attached hydrogen (secondary N) is 1. The van der Waals surface area contributed by atoms with E-state index in [1.165, 1.54) is 6.92 Å². The third-order valence-electron chi connectivity index (χ3n) is 3.34. The topological polar surface area (TPSA) is 72.2 Å². The van der Waals surface area contributed by atoms with Gasteiger partial charge in [0.25, 0.3) is 0 Å². The molecular weight excluding hydrogens is 334 g/mol. The summed E-state index contributed by atoms with van der Waals surface area (Å²) in [6, 6.07) is 5.99. The zero-order valence-corrected chi connectivity index (χ0v) is 13.3. The Bertz CT molecular complexity index is 750. The molecule has 6 nitrogen and oxygen atoms in total. The number of hydrazone groups is 1. The summed E-state index contributed by atoms with van der Waals surface area (Å²) in [7, 11) is 0. The first-order chi connectivity index (χ1) is 10.1. The van der Waals surface area contributed by atoms with Gasteiger partial charge in [0, 0.05) is 23.4 Å². The molecule has 1 aliphatic heterocycles. The van der Waals surface area contributed by atoms with Crippen molar-refractivity contribution in [2.24, 2.45) is 5.10 Å². The number of aromatic nitrogens is 3. The third-order valence-corrected chi connectivity index (χ3v) is 3.83. The van der Waals surface area contributed by atoms with Crippen LogP contribution >= 0.6 is 15.9 Å². The molecule has 1 aromatic heterocycles. The lowest BCUT2D eigenvalue weighted by atomic mass is 10.1. The van der Waals surface area contributed by atoms with Crippen LogP contribution in [0.5, 0.6) is 0 Å². The molecule has 0 saturated carbocycles. The van der Waals surface area contributed by atoms with Gasteiger partial charge < -0.3 is 0 Å². The summed E-state index contributed by atoms with van der Waals surface area (Å²) in [6.45, 7) is 3.37. The number of aryl methyl sites for hydroxylation is 2. The molecule has 0 bridgehead atoms. The van der Waals surface area contributed by atoms with Crippen molar-refractivity contribution in [2.75, 3.05) is 0 Å². The van der Waals surface area contributed by atoms with Crippen LogP contribution < -0.4 is 5.43 Å². The highest BCUT2D eigenvalue weighted by molar-refractivity contribution is 9.10. The van der Waals surface area contributed by atoms with Crippen molar-refractivity contribution in [3.8, 4) is 5.69 Å². The van der Waals surface area contributed by atoms with E-state index in [-0.39, 0.29) is 5.91 Å². The molecule has 0 atom stereocenters. The highest BCUT2D eigenvalue weighted by Gasteiger charge is 2.22. The van der Waals surface area contributed by atoms with Crippen molar-refractivity contribution in [1.29, 1.82) is 0 Å². The minimum Gasteiger partial charge on any atom is -0.283 e. The Morgan fingerprint density at radius 2 is 2.19 bits per heavy atom. The Kier molecular flexibility index (Phi) is 3.59. The molecule has 21 heavy (non-hydrogen) atoms. The van der Waals surface area contributed by atoms with Gasteiger partial charge in [0.1, 0.15) is 11.6 Å². The van der Waals surface area contributed by atoms with Crippen molar-refractivity contribution < 1.29 is 4.79 Å². The molecule has 1 aromatic carbocycles. The summed E-state index contributed by atoms with van der Waals surface area (Å²) >= 11 is 3.49. The predicted molar refractivity (Wildman–Crippen MR) is 82.5 cm³/mol. The Hall–Kier alpha value is -2.02. The number of carbonyl (C=O) groups is 1. The average Bonchev–Trinajstić information content (AvgIpc) is 2.72. The fraction of sp³-hybridized carbons (Fsp3) is 0.286. The minimum atomic E-state index is -0.182. The van der Waals surface area contributed by atoms with Gasteiger partial charge in [-0.05, 0) is 31.5 Å². The first-order valence-corrected chi connectivity index (χ1v) is 7.40. The summed E-state index contributed by atoms with van der Waals surface area (Å²) in [5, 5.41) is 12.6. The molecule has 0 radical (unpaired) electrons. The number of rotatable bonds is 1. The molecule has 0 spiro atoms. The summed E-state index contributed by atoms with van der Waals surface area (Å²) in [5.74, 6) is 1.57. The first kappa shape index (κ1) is 13.9. The van der Waals surface area contributed by atoms with E-state index in [9.17, 15) is 4.79 Å². The van der Waals surface area contributed by atoms with Crippen molar-refractivity contribution in [2.45, 2.75) is 26.7 Å². The Morgan fingerprint density at radius 3 is 2.95 bits per heavy atom. The van der Waals surface area contributed by atoms with Gasteiger partial charge in [-0.3, -0.25) is 9.36 Å². The van der Waals surface area contributed by atoms with Crippen LogP contribution in [0.4, 0.5) is 0 Å². The van der Waals surface area contributed by atoms with Crippen LogP contribution in [0.3, 0.4) is 0 Å². The lowest BCUT2D eigenvalue weighted by molar-refractivity contribution is -0.118. The van der Waals surface area contributed by atoms with Gasteiger partial charge >= 0.3 is 0 Å². The average molecular weight is 348 g/mol. The summed E-state index contributed by atoms with van der Waals surface area (Å²) in [4.78, 5) is 11.1. The van der Waals surface area contributed by atoms with Gasteiger partial charge in [-0.1, -0.05) is 15.9 Å². The number of hydrogen-bond acceptors (Lipinski definition) is 4. The Labute approximate surface area is 130 Å². The molecule has 1 aliphatic rings. The van der Waals surface area contributed by atoms with E-state index in [0.29, 0.717) is 6.42 Å². The predicted octanol–water partition coefficient (Wildman–Crippen LogP) is 2.12. The van der Waals surface area contributed by atoms with Crippen LogP contribution in [0.2, 0.25) is 0 Å². The smallest absolute Gasteiger partial charge is 0.236 e. The number of benzene rings is 1. The lowest BCUT2D eigenvalue weighted by Crippen LogP contribution is -2.17. The van der Waals surface area contributed by atoms with E-state index < -0.39 is 0 Å². The van der Waals surface area contributed by atoms with E-state index in [1.807, 2.05) is 29.7 Å². The maximum absolute atomic E-state index is 11.1. The fourth-order valence-corrected chi connectivity index (χ4v) is 2.80. The maximum atomic E-state index is 11.1. The number of nitrogens with zero attached hydrogens (tertiary/aromatic N) is 4. The number of carbonyl (C=O) groups excluding carboxylic acids is 1. The summed E-state index contributed by atoms with van der Waals surface area (Å²) in [5.41, 5.74) is 5.32. The van der Waals surface area contributed by atoms with Crippen molar-refractivity contribution in [3.63, 3.8) is 0 Å². The van der Waals surface area contributed by atoms with Crippen LogP contribution in [0, 0.1) is 6.92 Å². The minimum absolute atomic E-state index is 0.182.